The average Bonchev–Trinajstić information content (AvgIpc) is 2.01. The highest BCUT2D eigenvalue weighted by Crippen LogP contribution is 1.89. The zero-order valence-electron chi connectivity index (χ0n) is 9.00. The van der Waals surface area contributed by atoms with Crippen LogP contribution in [0.15, 0.2) is 0 Å². The largest absolute Gasteiger partial charge is 0.351 e. The Balaban J connectivity index is 3.77. The second kappa shape index (κ2) is 5.94. The maximum atomic E-state index is 11.3. The molecule has 3 N–H and O–H groups in total. The zero-order chi connectivity index (χ0) is 10.4. The Kier molecular flexibility index (Phi) is 5.66. The zero-order valence-corrected chi connectivity index (χ0v) is 9.00. The number of carbonyl (C=O) groups is 1. The lowest BCUT2D eigenvalue weighted by Crippen LogP contribution is -2.47. The van der Waals surface area contributed by atoms with Gasteiger partial charge in [-0.25, -0.2) is 0 Å². The molecule has 13 heavy (non-hydrogen) atoms. The van der Waals surface area contributed by atoms with Gasteiger partial charge in [0.25, 0.3) is 0 Å². The third kappa shape index (κ3) is 5.60. The van der Waals surface area contributed by atoms with E-state index < -0.39 is 0 Å². The second-order valence-electron chi connectivity index (χ2n) is 3.69. The van der Waals surface area contributed by atoms with Crippen molar-refractivity contribution in [2.75, 3.05) is 20.6 Å². The first kappa shape index (κ1) is 12.4. The number of nitrogens with two attached hydrogens (primary N) is 1. The van der Waals surface area contributed by atoms with Gasteiger partial charge in [-0.15, -0.1) is 0 Å². The molecule has 2 unspecified atom stereocenters. The molecule has 0 heterocycles. The number of likely N-dealkylation sites (N-methyl/N-ethyl adjacent to an activating group) is 1. The lowest BCUT2D eigenvalue weighted by molar-refractivity contribution is -0.123. The molecule has 0 rings (SSSR count). The van der Waals surface area contributed by atoms with E-state index in [9.17, 15) is 4.79 Å². The topological polar surface area (TPSA) is 58.4 Å². The summed E-state index contributed by atoms with van der Waals surface area (Å²) in [6.07, 6.45) is 0.681. The maximum Gasteiger partial charge on any atom is 0.237 e. The Morgan fingerprint density at radius 3 is 2.46 bits per heavy atom. The molecule has 1 amide bonds. The van der Waals surface area contributed by atoms with Crippen molar-refractivity contribution in [1.29, 1.82) is 0 Å². The summed E-state index contributed by atoms with van der Waals surface area (Å²) in [5.41, 5.74) is 5.57. The van der Waals surface area contributed by atoms with Gasteiger partial charge in [0.1, 0.15) is 0 Å². The van der Waals surface area contributed by atoms with Gasteiger partial charge in [-0.2, -0.15) is 0 Å². The van der Waals surface area contributed by atoms with Crippen molar-refractivity contribution in [2.45, 2.75) is 32.4 Å². The van der Waals surface area contributed by atoms with Gasteiger partial charge in [-0.3, -0.25) is 4.79 Å². The standard InChI is InChI=1S/C9H21N3O/c1-5-8(10)9(13)11-7(2)6-12(3)4/h7-8H,5-6,10H2,1-4H3,(H,11,13). The number of nitrogens with one attached hydrogen (secondary N) is 1. The molecule has 0 spiro atoms. The third-order valence-corrected chi connectivity index (χ3v) is 1.80. The van der Waals surface area contributed by atoms with Crippen LogP contribution in [-0.4, -0.2) is 43.5 Å². The first-order valence-electron chi connectivity index (χ1n) is 4.68. The summed E-state index contributed by atoms with van der Waals surface area (Å²) in [6, 6.07) is -0.218. The van der Waals surface area contributed by atoms with Crippen LogP contribution in [-0.2, 0) is 4.79 Å². The van der Waals surface area contributed by atoms with Crippen molar-refractivity contribution in [2.24, 2.45) is 5.73 Å². The molecule has 0 radical (unpaired) electrons. The molecule has 0 saturated heterocycles. The van der Waals surface area contributed by atoms with Crippen LogP contribution in [0.1, 0.15) is 20.3 Å². The Morgan fingerprint density at radius 1 is 1.54 bits per heavy atom. The molecule has 0 aliphatic rings. The van der Waals surface area contributed by atoms with E-state index in [0.29, 0.717) is 6.42 Å². The van der Waals surface area contributed by atoms with Crippen molar-refractivity contribution in [3.8, 4) is 0 Å². The Labute approximate surface area is 80.5 Å². The predicted molar refractivity (Wildman–Crippen MR) is 54.4 cm³/mol. The van der Waals surface area contributed by atoms with Crippen molar-refractivity contribution in [3.05, 3.63) is 0 Å². The van der Waals surface area contributed by atoms with Crippen LogP contribution in [0, 0.1) is 0 Å². The summed E-state index contributed by atoms with van der Waals surface area (Å²) < 4.78 is 0. The quantitative estimate of drug-likeness (QED) is 0.626. The van der Waals surface area contributed by atoms with Crippen LogP contribution >= 0.6 is 0 Å². The highest BCUT2D eigenvalue weighted by Gasteiger charge is 2.13. The molecule has 0 aromatic rings. The molecule has 0 aromatic carbocycles. The minimum atomic E-state index is -0.371. The van der Waals surface area contributed by atoms with Gasteiger partial charge in [0.05, 0.1) is 6.04 Å². The van der Waals surface area contributed by atoms with E-state index in [0.717, 1.165) is 6.54 Å². The van der Waals surface area contributed by atoms with Gasteiger partial charge in [-0.1, -0.05) is 6.92 Å². The maximum absolute atomic E-state index is 11.3. The third-order valence-electron chi connectivity index (χ3n) is 1.80. The van der Waals surface area contributed by atoms with E-state index >= 15 is 0 Å². The minimum Gasteiger partial charge on any atom is -0.351 e. The monoisotopic (exact) mass is 187 g/mol. The Bertz CT molecular complexity index is 159. The van der Waals surface area contributed by atoms with Crippen molar-refractivity contribution in [1.82, 2.24) is 10.2 Å². The minimum absolute atomic E-state index is 0.0585. The fourth-order valence-corrected chi connectivity index (χ4v) is 1.13. The van der Waals surface area contributed by atoms with Crippen LogP contribution < -0.4 is 11.1 Å². The molecule has 0 aliphatic carbocycles. The molecule has 0 aromatic heterocycles. The van der Waals surface area contributed by atoms with E-state index in [1.165, 1.54) is 0 Å². The van der Waals surface area contributed by atoms with E-state index in [1.807, 2.05) is 32.8 Å². The first-order valence-corrected chi connectivity index (χ1v) is 4.68. The van der Waals surface area contributed by atoms with E-state index in [1.54, 1.807) is 0 Å². The molecule has 0 aliphatic heterocycles. The van der Waals surface area contributed by atoms with E-state index in [-0.39, 0.29) is 18.0 Å². The smallest absolute Gasteiger partial charge is 0.237 e. The van der Waals surface area contributed by atoms with Gasteiger partial charge in [0.15, 0.2) is 0 Å². The molecule has 0 bridgehead atoms. The van der Waals surface area contributed by atoms with Crippen LogP contribution in [0.4, 0.5) is 0 Å². The number of nitrogens with zero attached hydrogens (tertiary/aromatic N) is 1. The summed E-state index contributed by atoms with van der Waals surface area (Å²) in [5, 5.41) is 2.86. The molecule has 4 nitrogen and oxygen atoms in total. The van der Waals surface area contributed by atoms with Gasteiger partial charge >= 0.3 is 0 Å². The van der Waals surface area contributed by atoms with Gasteiger partial charge < -0.3 is 16.0 Å². The molecule has 78 valence electrons. The highest BCUT2D eigenvalue weighted by molar-refractivity contribution is 5.81. The number of hydrogen-bond donors (Lipinski definition) is 2. The van der Waals surface area contributed by atoms with Crippen molar-refractivity contribution >= 4 is 5.91 Å². The fraction of sp³-hybridized carbons (Fsp3) is 0.889. The first-order chi connectivity index (χ1) is 5.97. The number of hydrogen-bond acceptors (Lipinski definition) is 3. The fourth-order valence-electron chi connectivity index (χ4n) is 1.13. The van der Waals surface area contributed by atoms with Gasteiger partial charge in [-0.05, 0) is 27.4 Å². The lowest BCUT2D eigenvalue weighted by atomic mass is 10.2. The SMILES string of the molecule is CCC(N)C(=O)NC(C)CN(C)C. The van der Waals surface area contributed by atoms with Crippen LogP contribution in [0.3, 0.4) is 0 Å². The summed E-state index contributed by atoms with van der Waals surface area (Å²) in [7, 11) is 3.95. The summed E-state index contributed by atoms with van der Waals surface area (Å²) in [5.74, 6) is -0.0585. The number of amides is 1. The van der Waals surface area contributed by atoms with Crippen LogP contribution in [0.5, 0.6) is 0 Å². The normalized spacial score (nSPS) is 15.5. The molecule has 0 saturated carbocycles. The second-order valence-corrected chi connectivity index (χ2v) is 3.69. The number of carbonyl (C=O) groups excluding carboxylic acids is 1. The average molecular weight is 187 g/mol. The molecule has 2 atom stereocenters. The summed E-state index contributed by atoms with van der Waals surface area (Å²) in [6.45, 7) is 4.71. The summed E-state index contributed by atoms with van der Waals surface area (Å²) >= 11 is 0. The molecular formula is C9H21N3O. The van der Waals surface area contributed by atoms with Crippen molar-refractivity contribution < 1.29 is 4.79 Å². The predicted octanol–water partition coefficient (Wildman–Crippen LogP) is -0.210. The molecule has 0 fully saturated rings. The number of rotatable bonds is 5. The Morgan fingerprint density at radius 2 is 2.08 bits per heavy atom. The summed E-state index contributed by atoms with van der Waals surface area (Å²) in [4.78, 5) is 13.3. The molecule has 4 heteroatoms. The van der Waals surface area contributed by atoms with Crippen LogP contribution in [0.25, 0.3) is 0 Å². The lowest BCUT2D eigenvalue weighted by Gasteiger charge is -2.19. The van der Waals surface area contributed by atoms with Gasteiger partial charge in [0.2, 0.25) is 5.91 Å². The van der Waals surface area contributed by atoms with Crippen LogP contribution in [0.2, 0.25) is 0 Å². The van der Waals surface area contributed by atoms with Gasteiger partial charge in [0, 0.05) is 12.6 Å². The molecular weight excluding hydrogens is 166 g/mol. The van der Waals surface area contributed by atoms with E-state index in [4.69, 9.17) is 5.73 Å². The highest BCUT2D eigenvalue weighted by atomic mass is 16.2. The van der Waals surface area contributed by atoms with E-state index in [2.05, 4.69) is 5.32 Å². The van der Waals surface area contributed by atoms with Crippen molar-refractivity contribution in [3.63, 3.8) is 0 Å². The Hall–Kier alpha value is -0.610.